The van der Waals surface area contributed by atoms with Crippen molar-refractivity contribution in [1.82, 2.24) is 30.4 Å². The summed E-state index contributed by atoms with van der Waals surface area (Å²) in [7, 11) is 3.16. The summed E-state index contributed by atoms with van der Waals surface area (Å²) in [5.41, 5.74) is 3.58. The lowest BCUT2D eigenvalue weighted by molar-refractivity contribution is 0.0964. The van der Waals surface area contributed by atoms with Crippen molar-refractivity contribution in [3.05, 3.63) is 63.9 Å². The van der Waals surface area contributed by atoms with E-state index < -0.39 is 0 Å². The number of carbonyl (C=O) groups excluding carboxylic acids is 1. The summed E-state index contributed by atoms with van der Waals surface area (Å²) < 4.78 is 11.9. The Kier molecular flexibility index (Phi) is 6.97. The van der Waals surface area contributed by atoms with Gasteiger partial charge in [-0.3, -0.25) is 9.59 Å². The number of rotatable bonds is 8. The molecule has 1 saturated heterocycles. The molecule has 0 saturated carbocycles. The lowest BCUT2D eigenvalue weighted by Gasteiger charge is -2.32. The molecule has 0 aliphatic carbocycles. The van der Waals surface area contributed by atoms with Gasteiger partial charge >= 0.3 is 0 Å². The summed E-state index contributed by atoms with van der Waals surface area (Å²) >= 11 is 0. The van der Waals surface area contributed by atoms with Crippen molar-refractivity contribution in [2.75, 3.05) is 33.8 Å². The van der Waals surface area contributed by atoms with Crippen LogP contribution in [-0.4, -0.2) is 65.5 Å². The molecule has 4 aromatic rings. The van der Waals surface area contributed by atoms with Crippen LogP contribution in [0.25, 0.3) is 21.9 Å². The molecule has 36 heavy (non-hydrogen) atoms. The van der Waals surface area contributed by atoms with E-state index in [0.717, 1.165) is 61.0 Å². The molecule has 0 atom stereocenters. The van der Waals surface area contributed by atoms with Crippen LogP contribution in [-0.2, 0) is 13.1 Å². The fraction of sp³-hybridized carbons (Fsp3) is 0.385. The highest BCUT2D eigenvalue weighted by Crippen LogP contribution is 2.23. The molecule has 10 nitrogen and oxygen atoms in total. The van der Waals surface area contributed by atoms with Crippen molar-refractivity contribution >= 4 is 27.8 Å². The minimum Gasteiger partial charge on any atom is -0.497 e. The van der Waals surface area contributed by atoms with Crippen LogP contribution >= 0.6 is 0 Å². The molecule has 0 bridgehead atoms. The molecular formula is C26H30N6O4. The third-order valence-electron chi connectivity index (χ3n) is 6.93. The van der Waals surface area contributed by atoms with Crippen molar-refractivity contribution in [2.45, 2.75) is 32.0 Å². The molecule has 0 unspecified atom stereocenters. The van der Waals surface area contributed by atoms with Gasteiger partial charge in [-0.25, -0.2) is 4.63 Å². The number of amides is 1. The summed E-state index contributed by atoms with van der Waals surface area (Å²) in [5, 5.41) is 14.8. The van der Waals surface area contributed by atoms with Crippen molar-refractivity contribution in [1.29, 1.82) is 0 Å². The second kappa shape index (κ2) is 10.5. The fourth-order valence-electron chi connectivity index (χ4n) is 4.84. The molecule has 1 amide bonds. The highest BCUT2D eigenvalue weighted by molar-refractivity contribution is 6.06. The van der Waals surface area contributed by atoms with Gasteiger partial charge in [-0.2, -0.15) is 0 Å². The van der Waals surface area contributed by atoms with E-state index in [-0.39, 0.29) is 11.5 Å². The van der Waals surface area contributed by atoms with Gasteiger partial charge < -0.3 is 24.8 Å². The van der Waals surface area contributed by atoms with Crippen LogP contribution < -0.4 is 20.9 Å². The van der Waals surface area contributed by atoms with Crippen molar-refractivity contribution < 1.29 is 14.2 Å². The van der Waals surface area contributed by atoms with E-state index in [0.29, 0.717) is 29.4 Å². The number of aromatic nitrogens is 3. The Morgan fingerprint density at radius 3 is 2.67 bits per heavy atom. The molecule has 0 radical (unpaired) electrons. The Labute approximate surface area is 208 Å². The number of methoxy groups -OCH3 is 1. The zero-order chi connectivity index (χ0) is 25.1. The van der Waals surface area contributed by atoms with E-state index >= 15 is 0 Å². The van der Waals surface area contributed by atoms with Crippen LogP contribution in [0.15, 0.2) is 51.9 Å². The van der Waals surface area contributed by atoms with Gasteiger partial charge in [0.15, 0.2) is 0 Å². The zero-order valence-corrected chi connectivity index (χ0v) is 20.5. The van der Waals surface area contributed by atoms with E-state index in [4.69, 9.17) is 9.37 Å². The number of hydrogen-bond donors (Lipinski definition) is 2. The molecule has 188 valence electrons. The maximum Gasteiger partial charge on any atom is 0.251 e. The van der Waals surface area contributed by atoms with Crippen LogP contribution in [0.2, 0.25) is 0 Å². The molecule has 1 aliphatic rings. The Bertz CT molecular complexity index is 1440. The van der Waals surface area contributed by atoms with Gasteiger partial charge in [-0.15, -0.1) is 0 Å². The maximum atomic E-state index is 13.0. The molecule has 2 aromatic carbocycles. The number of nitrogens with one attached hydrogen (secondary N) is 2. The Balaban J connectivity index is 1.21. The summed E-state index contributed by atoms with van der Waals surface area (Å²) in [4.78, 5) is 27.7. The fourth-order valence-corrected chi connectivity index (χ4v) is 4.84. The highest BCUT2D eigenvalue weighted by atomic mass is 16.6. The Morgan fingerprint density at radius 1 is 1.08 bits per heavy atom. The number of carbonyl (C=O) groups is 1. The second-order valence-electron chi connectivity index (χ2n) is 9.09. The molecule has 1 aliphatic heterocycles. The first-order chi connectivity index (χ1) is 17.6. The van der Waals surface area contributed by atoms with Gasteiger partial charge in [0.25, 0.3) is 11.5 Å². The summed E-state index contributed by atoms with van der Waals surface area (Å²) in [5.74, 6) is 0.372. The number of piperidine rings is 1. The number of likely N-dealkylation sites (tertiary alicyclic amines) is 1. The Morgan fingerprint density at radius 2 is 1.89 bits per heavy atom. The minimum atomic E-state index is -0.276. The van der Waals surface area contributed by atoms with E-state index in [1.165, 1.54) is 6.07 Å². The van der Waals surface area contributed by atoms with Gasteiger partial charge in [0.2, 0.25) is 0 Å². The summed E-state index contributed by atoms with van der Waals surface area (Å²) in [6, 6.07) is 13.3. The number of nitrogens with zero attached hydrogens (tertiary/aromatic N) is 4. The van der Waals surface area contributed by atoms with Crippen molar-refractivity contribution in [3.8, 4) is 5.75 Å². The first-order valence-electron chi connectivity index (χ1n) is 12.2. The summed E-state index contributed by atoms with van der Waals surface area (Å²) in [6.07, 6.45) is 2.07. The molecule has 2 N–H and O–H groups in total. The first-order valence-corrected chi connectivity index (χ1v) is 12.2. The highest BCUT2D eigenvalue weighted by Gasteiger charge is 2.20. The first kappa shape index (κ1) is 24.0. The molecule has 3 heterocycles. The van der Waals surface area contributed by atoms with Crippen LogP contribution in [0.1, 0.15) is 28.8 Å². The average Bonchev–Trinajstić information content (AvgIpc) is 3.39. The van der Waals surface area contributed by atoms with Crippen LogP contribution in [0.4, 0.5) is 0 Å². The standard InChI is InChI=1S/C26H30N6O4/c1-27-26(34)21-15-25(33)32(24-14-19(35-2)4-5-20(21)24)12-11-31-9-7-18(8-10-31)28-16-17-3-6-22-23(13-17)30-36-29-22/h3-6,13-15,18,28H,7-12,16H2,1-2H3,(H,27,34). The van der Waals surface area contributed by atoms with Crippen molar-refractivity contribution in [2.24, 2.45) is 0 Å². The monoisotopic (exact) mass is 490 g/mol. The molecule has 5 rings (SSSR count). The topological polar surface area (TPSA) is 115 Å². The average molecular weight is 491 g/mol. The SMILES string of the molecule is CNC(=O)c1cc(=O)n(CCN2CCC(NCc3ccc4nonc4c3)CC2)c2cc(OC)ccc12. The van der Waals surface area contributed by atoms with E-state index in [2.05, 4.69) is 25.8 Å². The molecule has 1 fully saturated rings. The van der Waals surface area contributed by atoms with Crippen LogP contribution in [0.3, 0.4) is 0 Å². The van der Waals surface area contributed by atoms with E-state index in [1.54, 1.807) is 18.7 Å². The normalized spacial score (nSPS) is 14.9. The Hall–Kier alpha value is -3.76. The lowest BCUT2D eigenvalue weighted by Crippen LogP contribution is -2.43. The minimum absolute atomic E-state index is 0.190. The summed E-state index contributed by atoms with van der Waals surface area (Å²) in [6.45, 7) is 3.98. The number of fused-ring (bicyclic) bond motifs is 2. The molecular weight excluding hydrogens is 460 g/mol. The largest absolute Gasteiger partial charge is 0.497 e. The van der Waals surface area contributed by atoms with Crippen LogP contribution in [0.5, 0.6) is 5.75 Å². The second-order valence-corrected chi connectivity index (χ2v) is 9.09. The number of hydrogen-bond acceptors (Lipinski definition) is 8. The third kappa shape index (κ3) is 4.95. The van der Waals surface area contributed by atoms with Crippen molar-refractivity contribution in [3.63, 3.8) is 0 Å². The predicted octanol–water partition coefficient (Wildman–Crippen LogP) is 2.16. The van der Waals surface area contributed by atoms with E-state index in [1.807, 2.05) is 36.4 Å². The van der Waals surface area contributed by atoms with Gasteiger partial charge in [-0.05, 0) is 66.1 Å². The predicted molar refractivity (Wildman–Crippen MR) is 136 cm³/mol. The smallest absolute Gasteiger partial charge is 0.251 e. The van der Waals surface area contributed by atoms with E-state index in [9.17, 15) is 9.59 Å². The molecule has 0 spiro atoms. The number of pyridine rings is 1. The number of ether oxygens (including phenoxy) is 1. The molecule has 10 heteroatoms. The zero-order valence-electron chi connectivity index (χ0n) is 20.5. The van der Waals surface area contributed by atoms with Gasteiger partial charge in [0.05, 0.1) is 18.2 Å². The van der Waals surface area contributed by atoms with Gasteiger partial charge in [0, 0.05) is 50.2 Å². The van der Waals surface area contributed by atoms with Crippen LogP contribution in [0, 0.1) is 0 Å². The third-order valence-corrected chi connectivity index (χ3v) is 6.93. The maximum absolute atomic E-state index is 13.0. The number of benzene rings is 2. The molecule has 2 aromatic heterocycles. The quantitative estimate of drug-likeness (QED) is 0.386. The lowest BCUT2D eigenvalue weighted by atomic mass is 10.0. The van der Waals surface area contributed by atoms with Gasteiger partial charge in [-0.1, -0.05) is 6.07 Å². The van der Waals surface area contributed by atoms with Gasteiger partial charge in [0.1, 0.15) is 16.8 Å².